The normalized spacial score (nSPS) is 13.4. The summed E-state index contributed by atoms with van der Waals surface area (Å²) in [4.78, 5) is 0. The Morgan fingerprint density at radius 3 is 2.59 bits per heavy atom. The summed E-state index contributed by atoms with van der Waals surface area (Å²) < 4.78 is 40.4. The van der Waals surface area contributed by atoms with Gasteiger partial charge in [0.1, 0.15) is 0 Å². The van der Waals surface area contributed by atoms with E-state index in [-0.39, 0.29) is 19.1 Å². The summed E-state index contributed by atoms with van der Waals surface area (Å²) in [6.07, 6.45) is -3.51. The predicted octanol–water partition coefficient (Wildman–Crippen LogP) is 2.63. The summed E-state index contributed by atoms with van der Waals surface area (Å²) in [5, 5.41) is 11.8. The molecule has 1 atom stereocenters. The number of nitrogens with one attached hydrogen (secondary N) is 1. The summed E-state index contributed by atoms with van der Waals surface area (Å²) >= 11 is 0. The van der Waals surface area contributed by atoms with Crippen molar-refractivity contribution >= 4 is 0 Å². The van der Waals surface area contributed by atoms with Gasteiger partial charge in [-0.25, -0.2) is 0 Å². The first-order valence-corrected chi connectivity index (χ1v) is 5.77. The number of nitrogens with zero attached hydrogens (tertiary/aromatic N) is 1. The molecule has 1 unspecified atom stereocenters. The summed E-state index contributed by atoms with van der Waals surface area (Å²) in [6.45, 7) is 3.15. The molecule has 0 saturated heterocycles. The highest BCUT2D eigenvalue weighted by Crippen LogP contribution is 2.20. The van der Waals surface area contributed by atoms with Crippen LogP contribution in [0.3, 0.4) is 0 Å². The Morgan fingerprint density at radius 1 is 1.35 bits per heavy atom. The van der Waals surface area contributed by atoms with Crippen molar-refractivity contribution in [1.82, 2.24) is 5.32 Å². The number of ether oxygens (including phenoxy) is 1. The molecule has 0 bridgehead atoms. The summed E-state index contributed by atoms with van der Waals surface area (Å²) in [6, 6.07) is 1.80. The molecule has 1 N–H and O–H groups in total. The van der Waals surface area contributed by atoms with Crippen molar-refractivity contribution in [3.8, 4) is 6.07 Å². The van der Waals surface area contributed by atoms with Crippen molar-refractivity contribution < 1.29 is 17.9 Å². The Labute approximate surface area is 99.9 Å². The number of hydrogen-bond donors (Lipinski definition) is 1. The molecule has 0 aliphatic carbocycles. The maximum Gasteiger partial charge on any atom is 0.389 e. The molecule has 17 heavy (non-hydrogen) atoms. The minimum Gasteiger partial charge on any atom is -0.381 e. The molecule has 0 radical (unpaired) electrons. The van der Waals surface area contributed by atoms with Gasteiger partial charge < -0.3 is 10.1 Å². The molecule has 0 spiro atoms. The van der Waals surface area contributed by atoms with Crippen molar-refractivity contribution in [3.05, 3.63) is 0 Å². The third-order valence-electron chi connectivity index (χ3n) is 2.10. The van der Waals surface area contributed by atoms with Crippen molar-refractivity contribution in [2.24, 2.45) is 0 Å². The molecule has 100 valence electrons. The van der Waals surface area contributed by atoms with Gasteiger partial charge in [0, 0.05) is 19.6 Å². The molecular formula is C11H19F3N2O. The van der Waals surface area contributed by atoms with E-state index in [4.69, 9.17) is 10.00 Å². The van der Waals surface area contributed by atoms with Gasteiger partial charge in [-0.3, -0.25) is 0 Å². The van der Waals surface area contributed by atoms with E-state index < -0.39 is 12.6 Å². The lowest BCUT2D eigenvalue weighted by Gasteiger charge is -2.11. The van der Waals surface area contributed by atoms with Gasteiger partial charge in [0.25, 0.3) is 0 Å². The first-order chi connectivity index (χ1) is 7.99. The number of alkyl halides is 3. The molecule has 0 fully saturated rings. The lowest BCUT2D eigenvalue weighted by atomic mass is 10.2. The maximum absolute atomic E-state index is 11.8. The summed E-state index contributed by atoms with van der Waals surface area (Å²) in [5.41, 5.74) is 0. The van der Waals surface area contributed by atoms with Gasteiger partial charge in [-0.2, -0.15) is 18.4 Å². The van der Waals surface area contributed by atoms with Crippen molar-refractivity contribution in [2.45, 2.75) is 44.8 Å². The first-order valence-electron chi connectivity index (χ1n) is 5.77. The second-order valence-corrected chi connectivity index (χ2v) is 3.76. The standard InChI is InChI=1S/C11H19F3N2O/c1-2-6-16-10(9-15)4-8-17-7-3-5-11(12,13)14/h10,16H,2-8H2,1H3. The third-order valence-corrected chi connectivity index (χ3v) is 2.10. The molecule has 0 aliphatic heterocycles. The maximum atomic E-state index is 11.8. The monoisotopic (exact) mass is 252 g/mol. The molecule has 0 heterocycles. The van der Waals surface area contributed by atoms with E-state index in [0.717, 1.165) is 13.0 Å². The van der Waals surface area contributed by atoms with Crippen LogP contribution in [0.2, 0.25) is 0 Å². The highest BCUT2D eigenvalue weighted by Gasteiger charge is 2.25. The SMILES string of the molecule is CCCNC(C#N)CCOCCCC(F)(F)F. The Hall–Kier alpha value is -0.800. The van der Waals surface area contributed by atoms with E-state index >= 15 is 0 Å². The van der Waals surface area contributed by atoms with Gasteiger partial charge in [-0.15, -0.1) is 0 Å². The minimum absolute atomic E-state index is 0.0247. The van der Waals surface area contributed by atoms with Crippen molar-refractivity contribution in [3.63, 3.8) is 0 Å². The van der Waals surface area contributed by atoms with Gasteiger partial charge in [-0.05, 0) is 25.8 Å². The fourth-order valence-corrected chi connectivity index (χ4v) is 1.21. The van der Waals surface area contributed by atoms with Crippen molar-refractivity contribution in [2.75, 3.05) is 19.8 Å². The summed E-state index contributed by atoms with van der Waals surface area (Å²) in [7, 11) is 0. The average Bonchev–Trinajstić information content (AvgIpc) is 2.25. The number of nitriles is 1. The van der Waals surface area contributed by atoms with Crippen LogP contribution in [0, 0.1) is 11.3 Å². The van der Waals surface area contributed by atoms with E-state index in [0.29, 0.717) is 13.0 Å². The van der Waals surface area contributed by atoms with Gasteiger partial charge in [-0.1, -0.05) is 6.92 Å². The third kappa shape index (κ3) is 11.5. The van der Waals surface area contributed by atoms with E-state index in [1.54, 1.807) is 0 Å². The van der Waals surface area contributed by atoms with Gasteiger partial charge in [0.15, 0.2) is 0 Å². The van der Waals surface area contributed by atoms with E-state index in [1.165, 1.54) is 0 Å². The van der Waals surface area contributed by atoms with Crippen LogP contribution in [-0.2, 0) is 4.74 Å². The van der Waals surface area contributed by atoms with Crippen LogP contribution in [-0.4, -0.2) is 32.0 Å². The molecule has 0 aromatic rings. The number of hydrogen-bond acceptors (Lipinski definition) is 3. The zero-order valence-electron chi connectivity index (χ0n) is 10.0. The Morgan fingerprint density at radius 2 is 2.06 bits per heavy atom. The quantitative estimate of drug-likeness (QED) is 0.641. The van der Waals surface area contributed by atoms with Gasteiger partial charge in [0.2, 0.25) is 0 Å². The minimum atomic E-state index is -4.11. The fourth-order valence-electron chi connectivity index (χ4n) is 1.21. The highest BCUT2D eigenvalue weighted by molar-refractivity contribution is 4.89. The van der Waals surface area contributed by atoms with Crippen LogP contribution < -0.4 is 5.32 Å². The zero-order chi connectivity index (χ0) is 13.1. The smallest absolute Gasteiger partial charge is 0.381 e. The second kappa shape index (κ2) is 9.25. The molecular weight excluding hydrogens is 233 g/mol. The Bertz CT molecular complexity index is 226. The topological polar surface area (TPSA) is 45.0 Å². The van der Waals surface area contributed by atoms with Crippen LogP contribution in [0.25, 0.3) is 0 Å². The van der Waals surface area contributed by atoms with Gasteiger partial charge in [0.05, 0.1) is 12.1 Å². The molecule has 0 aromatic carbocycles. The number of halogens is 3. The van der Waals surface area contributed by atoms with Crippen molar-refractivity contribution in [1.29, 1.82) is 5.26 Å². The number of rotatable bonds is 9. The lowest BCUT2D eigenvalue weighted by molar-refractivity contribution is -0.137. The van der Waals surface area contributed by atoms with Crippen LogP contribution in [0.5, 0.6) is 0 Å². The van der Waals surface area contributed by atoms with E-state index in [2.05, 4.69) is 11.4 Å². The molecule has 3 nitrogen and oxygen atoms in total. The van der Waals surface area contributed by atoms with E-state index in [1.807, 2.05) is 6.92 Å². The van der Waals surface area contributed by atoms with Crippen LogP contribution in [0.4, 0.5) is 13.2 Å². The fraction of sp³-hybridized carbons (Fsp3) is 0.909. The largest absolute Gasteiger partial charge is 0.389 e. The van der Waals surface area contributed by atoms with Crippen LogP contribution >= 0.6 is 0 Å². The Balaban J connectivity index is 3.41. The average molecular weight is 252 g/mol. The Kier molecular flexibility index (Phi) is 8.82. The van der Waals surface area contributed by atoms with E-state index in [9.17, 15) is 13.2 Å². The molecule has 0 rings (SSSR count). The zero-order valence-corrected chi connectivity index (χ0v) is 10.0. The second-order valence-electron chi connectivity index (χ2n) is 3.76. The van der Waals surface area contributed by atoms with Crippen LogP contribution in [0.1, 0.15) is 32.6 Å². The van der Waals surface area contributed by atoms with Crippen LogP contribution in [0.15, 0.2) is 0 Å². The molecule has 0 aromatic heterocycles. The first kappa shape index (κ1) is 16.2. The predicted molar refractivity (Wildman–Crippen MR) is 58.4 cm³/mol. The molecule has 0 aliphatic rings. The molecule has 0 saturated carbocycles. The highest BCUT2D eigenvalue weighted by atomic mass is 19.4. The van der Waals surface area contributed by atoms with Gasteiger partial charge >= 0.3 is 6.18 Å². The molecule has 6 heteroatoms. The molecule has 0 amide bonds. The summed E-state index contributed by atoms with van der Waals surface area (Å²) in [5.74, 6) is 0. The lowest BCUT2D eigenvalue weighted by Crippen LogP contribution is -2.29.